The van der Waals surface area contributed by atoms with Gasteiger partial charge in [-0.1, -0.05) is 37.2 Å². The SMILES string of the molecule is COCC(=O)N1CCCN(C2CCOCC2)CCN(C(=O)c2c(C(C)C)noc2C)Cc2ccccc21. The minimum Gasteiger partial charge on any atom is -0.381 e. The Bertz CT molecular complexity index is 1060. The molecule has 202 valence electrons. The number of hydrogen-bond donors (Lipinski definition) is 0. The molecule has 9 heteroatoms. The number of nitrogens with zero attached hydrogens (tertiary/aromatic N) is 4. The molecule has 1 saturated heterocycles. The van der Waals surface area contributed by atoms with E-state index >= 15 is 0 Å². The highest BCUT2D eigenvalue weighted by Crippen LogP contribution is 2.28. The smallest absolute Gasteiger partial charge is 0.259 e. The summed E-state index contributed by atoms with van der Waals surface area (Å²) in [6.45, 7) is 10.5. The molecule has 2 aromatic rings. The van der Waals surface area contributed by atoms with E-state index in [0.29, 0.717) is 42.7 Å². The molecule has 2 aliphatic rings. The van der Waals surface area contributed by atoms with Crippen LogP contribution >= 0.6 is 0 Å². The van der Waals surface area contributed by atoms with Gasteiger partial charge in [0.05, 0.1) is 5.69 Å². The van der Waals surface area contributed by atoms with Crippen LogP contribution in [0.25, 0.3) is 0 Å². The minimum atomic E-state index is -0.0850. The van der Waals surface area contributed by atoms with Crippen molar-refractivity contribution in [2.45, 2.75) is 58.5 Å². The summed E-state index contributed by atoms with van der Waals surface area (Å²) in [4.78, 5) is 33.4. The predicted molar refractivity (Wildman–Crippen MR) is 141 cm³/mol. The third-order valence-corrected chi connectivity index (χ3v) is 7.34. The zero-order valence-electron chi connectivity index (χ0n) is 22.6. The molecular weight excluding hydrogens is 472 g/mol. The summed E-state index contributed by atoms with van der Waals surface area (Å²) in [5, 5.41) is 4.20. The molecule has 1 aromatic heterocycles. The summed E-state index contributed by atoms with van der Waals surface area (Å²) in [5.41, 5.74) is 2.99. The molecule has 0 bridgehead atoms. The van der Waals surface area contributed by atoms with E-state index in [1.807, 2.05) is 47.9 Å². The number of methoxy groups -OCH3 is 1. The number of anilines is 1. The van der Waals surface area contributed by atoms with Crippen LogP contribution in [-0.2, 0) is 20.8 Å². The maximum atomic E-state index is 14.1. The van der Waals surface area contributed by atoms with Crippen LogP contribution in [0.2, 0.25) is 0 Å². The van der Waals surface area contributed by atoms with Gasteiger partial charge in [0.25, 0.3) is 11.8 Å². The molecule has 0 saturated carbocycles. The van der Waals surface area contributed by atoms with Gasteiger partial charge in [0.2, 0.25) is 0 Å². The maximum absolute atomic E-state index is 14.1. The van der Waals surface area contributed by atoms with Gasteiger partial charge in [0.1, 0.15) is 17.9 Å². The number of carbonyl (C=O) groups is 2. The Morgan fingerprint density at radius 1 is 1.11 bits per heavy atom. The second kappa shape index (κ2) is 12.7. The third-order valence-electron chi connectivity index (χ3n) is 7.34. The lowest BCUT2D eigenvalue weighted by Gasteiger charge is -2.35. The molecule has 0 spiro atoms. The van der Waals surface area contributed by atoms with Gasteiger partial charge in [-0.2, -0.15) is 0 Å². The summed E-state index contributed by atoms with van der Waals surface area (Å²) >= 11 is 0. The first-order chi connectivity index (χ1) is 17.9. The second-order valence-electron chi connectivity index (χ2n) is 10.2. The molecule has 4 rings (SSSR count). The molecule has 0 N–H and O–H groups in total. The monoisotopic (exact) mass is 512 g/mol. The highest BCUT2D eigenvalue weighted by atomic mass is 16.5. The Balaban J connectivity index is 1.71. The minimum absolute atomic E-state index is 0.0122. The Hall–Kier alpha value is -2.75. The van der Waals surface area contributed by atoms with E-state index in [2.05, 4.69) is 10.1 Å². The number of rotatable bonds is 5. The van der Waals surface area contributed by atoms with Crippen molar-refractivity contribution in [1.29, 1.82) is 0 Å². The second-order valence-corrected chi connectivity index (χ2v) is 10.2. The lowest BCUT2D eigenvalue weighted by Crippen LogP contribution is -2.45. The maximum Gasteiger partial charge on any atom is 0.259 e. The van der Waals surface area contributed by atoms with Crippen LogP contribution in [-0.4, -0.2) is 85.9 Å². The van der Waals surface area contributed by atoms with E-state index in [1.54, 1.807) is 6.92 Å². The molecule has 2 aliphatic heterocycles. The molecule has 0 radical (unpaired) electrons. The molecule has 3 heterocycles. The molecule has 2 amide bonds. The Morgan fingerprint density at radius 3 is 2.59 bits per heavy atom. The van der Waals surface area contributed by atoms with Crippen LogP contribution < -0.4 is 4.90 Å². The van der Waals surface area contributed by atoms with Gasteiger partial charge in [0.15, 0.2) is 0 Å². The fourth-order valence-electron chi connectivity index (χ4n) is 5.36. The van der Waals surface area contributed by atoms with Gasteiger partial charge in [-0.05, 0) is 43.7 Å². The fourth-order valence-corrected chi connectivity index (χ4v) is 5.36. The van der Waals surface area contributed by atoms with Crippen LogP contribution in [0.3, 0.4) is 0 Å². The zero-order valence-corrected chi connectivity index (χ0v) is 22.6. The highest BCUT2D eigenvalue weighted by Gasteiger charge is 2.30. The van der Waals surface area contributed by atoms with E-state index in [9.17, 15) is 9.59 Å². The van der Waals surface area contributed by atoms with Crippen molar-refractivity contribution < 1.29 is 23.6 Å². The highest BCUT2D eigenvalue weighted by molar-refractivity contribution is 5.97. The Kier molecular flexibility index (Phi) is 9.34. The predicted octanol–water partition coefficient (Wildman–Crippen LogP) is 3.61. The molecular formula is C28H40N4O5. The standard InChI is InChI=1S/C28H40N4O5/c1-20(2)27-26(21(3)37-29-27)28(34)31-15-14-30(23-10-16-36-17-11-23)12-7-13-32(25(33)19-35-4)24-9-6-5-8-22(24)18-31/h5-6,8-9,20,23H,7,10-19H2,1-4H3. The molecule has 9 nitrogen and oxygen atoms in total. The Morgan fingerprint density at radius 2 is 1.86 bits per heavy atom. The lowest BCUT2D eigenvalue weighted by atomic mass is 10.0. The van der Waals surface area contributed by atoms with Gasteiger partial charge in [-0.25, -0.2) is 0 Å². The normalized spacial score (nSPS) is 18.5. The van der Waals surface area contributed by atoms with Crippen molar-refractivity contribution in [3.05, 3.63) is 46.8 Å². The van der Waals surface area contributed by atoms with Crippen LogP contribution in [0.5, 0.6) is 0 Å². The number of fused-ring (bicyclic) bond motifs is 1. The first-order valence-corrected chi connectivity index (χ1v) is 13.3. The topological polar surface area (TPSA) is 88.4 Å². The number of carbonyl (C=O) groups excluding carboxylic acids is 2. The lowest BCUT2D eigenvalue weighted by molar-refractivity contribution is -0.122. The van der Waals surface area contributed by atoms with Crippen LogP contribution in [0.4, 0.5) is 5.69 Å². The molecule has 0 unspecified atom stereocenters. The number of aromatic nitrogens is 1. The van der Waals surface area contributed by atoms with Gasteiger partial charge < -0.3 is 23.8 Å². The summed E-state index contributed by atoms with van der Waals surface area (Å²) in [6.07, 6.45) is 2.78. The average molecular weight is 513 g/mol. The number of amides is 2. The van der Waals surface area contributed by atoms with E-state index in [-0.39, 0.29) is 24.3 Å². The third kappa shape index (κ3) is 6.40. The van der Waals surface area contributed by atoms with E-state index in [1.165, 1.54) is 7.11 Å². The first-order valence-electron chi connectivity index (χ1n) is 13.3. The quantitative estimate of drug-likeness (QED) is 0.605. The van der Waals surface area contributed by atoms with E-state index in [0.717, 1.165) is 56.8 Å². The molecule has 0 atom stereocenters. The summed E-state index contributed by atoms with van der Waals surface area (Å²) in [5.74, 6) is 0.433. The van der Waals surface area contributed by atoms with Gasteiger partial charge in [0, 0.05) is 64.8 Å². The fraction of sp³-hybridized carbons (Fsp3) is 0.607. The van der Waals surface area contributed by atoms with Gasteiger partial charge in [-0.15, -0.1) is 0 Å². The van der Waals surface area contributed by atoms with Crippen LogP contribution in [0, 0.1) is 6.92 Å². The average Bonchev–Trinajstić information content (AvgIpc) is 3.28. The van der Waals surface area contributed by atoms with Crippen molar-refractivity contribution in [2.75, 3.05) is 58.0 Å². The number of aryl methyl sites for hydroxylation is 1. The van der Waals surface area contributed by atoms with Crippen molar-refractivity contribution in [3.63, 3.8) is 0 Å². The summed E-state index contributed by atoms with van der Waals surface area (Å²) in [7, 11) is 1.54. The van der Waals surface area contributed by atoms with E-state index in [4.69, 9.17) is 14.0 Å². The Labute approximate surface area is 219 Å². The number of benzene rings is 1. The van der Waals surface area contributed by atoms with Crippen molar-refractivity contribution in [3.8, 4) is 0 Å². The van der Waals surface area contributed by atoms with E-state index < -0.39 is 0 Å². The largest absolute Gasteiger partial charge is 0.381 e. The van der Waals surface area contributed by atoms with Crippen molar-refractivity contribution in [2.24, 2.45) is 0 Å². The number of hydrogen-bond acceptors (Lipinski definition) is 7. The molecule has 0 aliphatic carbocycles. The van der Waals surface area contributed by atoms with Crippen LogP contribution in [0.1, 0.15) is 66.4 Å². The molecule has 37 heavy (non-hydrogen) atoms. The molecule has 1 fully saturated rings. The molecule has 1 aromatic carbocycles. The first kappa shape index (κ1) is 27.3. The number of ether oxygens (including phenoxy) is 2. The van der Waals surface area contributed by atoms with Crippen molar-refractivity contribution in [1.82, 2.24) is 15.0 Å². The van der Waals surface area contributed by atoms with Gasteiger partial charge >= 0.3 is 0 Å². The zero-order chi connectivity index (χ0) is 26.4. The van der Waals surface area contributed by atoms with Crippen molar-refractivity contribution >= 4 is 17.5 Å². The van der Waals surface area contributed by atoms with Crippen LogP contribution in [0.15, 0.2) is 28.8 Å². The summed E-state index contributed by atoms with van der Waals surface area (Å²) < 4.78 is 16.3. The van der Waals surface area contributed by atoms with Gasteiger partial charge in [-0.3, -0.25) is 14.5 Å². The summed E-state index contributed by atoms with van der Waals surface area (Å²) in [6, 6.07) is 8.26. The number of para-hydroxylation sites is 1.